The molecule has 6 atom stereocenters. The molecule has 2 saturated carbocycles. The average Bonchev–Trinajstić information content (AvgIpc) is 3.18. The minimum atomic E-state index is -3.63. The first kappa shape index (κ1) is 37.0. The summed E-state index contributed by atoms with van der Waals surface area (Å²) in [6, 6.07) is -4.17. The number of piperidine rings is 1. The maximum Gasteiger partial charge on any atom is 0.315 e. The van der Waals surface area contributed by atoms with Crippen molar-refractivity contribution in [2.75, 3.05) is 33.2 Å². The fraction of sp³-hybridized carbons (Fsp3) is 0.844. The first-order chi connectivity index (χ1) is 21.5. The number of primary amides is 1. The molecule has 1 unspecified atom stereocenters. The SMILES string of the molecule is CN1CCN(C[C@@H](NC(=O)N[C@H](C(=O)N2C[C@H]3[C@@H]([C@H]2C(=O)NC(CC2CCC2)C(=O)C(N)=O)C3(C)C)C(C)(C)C)C(C)(C)C)S1(=O)=O. The lowest BCUT2D eigenvalue weighted by Gasteiger charge is -2.39. The summed E-state index contributed by atoms with van der Waals surface area (Å²) in [5.74, 6) is -2.77. The highest BCUT2D eigenvalue weighted by Crippen LogP contribution is 2.65. The molecule has 2 aliphatic carbocycles. The second-order valence-corrected chi connectivity index (χ2v) is 18.8. The molecule has 4 fully saturated rings. The van der Waals surface area contributed by atoms with Crippen LogP contribution in [0.3, 0.4) is 0 Å². The van der Waals surface area contributed by atoms with Crippen LogP contribution in [0, 0.1) is 34.0 Å². The third kappa shape index (κ3) is 7.61. The van der Waals surface area contributed by atoms with Crippen molar-refractivity contribution in [2.24, 2.45) is 39.7 Å². The Hall–Kier alpha value is -2.78. The van der Waals surface area contributed by atoms with Crippen LogP contribution in [0.4, 0.5) is 4.79 Å². The maximum atomic E-state index is 14.3. The highest BCUT2D eigenvalue weighted by molar-refractivity contribution is 7.87. The molecule has 5 amide bonds. The minimum absolute atomic E-state index is 0.0550. The second-order valence-electron chi connectivity index (χ2n) is 16.7. The summed E-state index contributed by atoms with van der Waals surface area (Å²) < 4.78 is 28.1. The molecule has 0 aromatic rings. The summed E-state index contributed by atoms with van der Waals surface area (Å²) in [6.45, 7) is 16.3. The van der Waals surface area contributed by atoms with Crippen molar-refractivity contribution in [1.82, 2.24) is 29.5 Å². The van der Waals surface area contributed by atoms with Crippen LogP contribution in [0.15, 0.2) is 0 Å². The molecule has 266 valence electrons. The Labute approximate surface area is 279 Å². The Morgan fingerprint density at radius 3 is 2.02 bits per heavy atom. The van der Waals surface area contributed by atoms with Crippen LogP contribution in [0.1, 0.15) is 81.1 Å². The number of likely N-dealkylation sites (tertiary alicyclic amines) is 1. The fourth-order valence-electron chi connectivity index (χ4n) is 7.29. The summed E-state index contributed by atoms with van der Waals surface area (Å²) >= 11 is 0. The van der Waals surface area contributed by atoms with Crippen molar-refractivity contribution in [3.63, 3.8) is 0 Å². The first-order valence-electron chi connectivity index (χ1n) is 16.7. The Bertz CT molecular complexity index is 1380. The third-order valence-corrected chi connectivity index (χ3v) is 12.9. The zero-order chi connectivity index (χ0) is 35.4. The lowest BCUT2D eigenvalue weighted by atomic mass is 9.80. The lowest BCUT2D eigenvalue weighted by molar-refractivity contribution is -0.145. The predicted molar refractivity (Wildman–Crippen MR) is 176 cm³/mol. The van der Waals surface area contributed by atoms with Gasteiger partial charge in [-0.25, -0.2) is 4.79 Å². The molecule has 5 N–H and O–H groups in total. The summed E-state index contributed by atoms with van der Waals surface area (Å²) in [4.78, 5) is 67.9. The third-order valence-electron chi connectivity index (χ3n) is 10.9. The molecule has 0 bridgehead atoms. The van der Waals surface area contributed by atoms with Crippen molar-refractivity contribution < 1.29 is 32.4 Å². The summed E-state index contributed by atoms with van der Waals surface area (Å²) in [5.41, 5.74) is 3.85. The Morgan fingerprint density at radius 2 is 1.55 bits per heavy atom. The number of rotatable bonds is 11. The smallest absolute Gasteiger partial charge is 0.315 e. The van der Waals surface area contributed by atoms with Gasteiger partial charge < -0.3 is 26.6 Å². The van der Waals surface area contributed by atoms with Crippen LogP contribution in [0.25, 0.3) is 0 Å². The molecule has 2 heterocycles. The minimum Gasteiger partial charge on any atom is -0.363 e. The highest BCUT2D eigenvalue weighted by atomic mass is 32.2. The van der Waals surface area contributed by atoms with Gasteiger partial charge in [-0.2, -0.15) is 17.0 Å². The van der Waals surface area contributed by atoms with Crippen molar-refractivity contribution in [2.45, 2.75) is 105 Å². The van der Waals surface area contributed by atoms with E-state index in [0.29, 0.717) is 26.1 Å². The Balaban J connectivity index is 1.52. The van der Waals surface area contributed by atoms with Gasteiger partial charge in [0.05, 0.1) is 6.04 Å². The van der Waals surface area contributed by atoms with Crippen LogP contribution in [-0.4, -0.2) is 109 Å². The van der Waals surface area contributed by atoms with Gasteiger partial charge in [-0.3, -0.25) is 19.2 Å². The van der Waals surface area contributed by atoms with Crippen molar-refractivity contribution in [3.05, 3.63) is 0 Å². The van der Waals surface area contributed by atoms with E-state index in [1.807, 2.05) is 55.4 Å². The number of nitrogens with two attached hydrogens (primary N) is 1. The van der Waals surface area contributed by atoms with Gasteiger partial charge in [-0.1, -0.05) is 74.7 Å². The summed E-state index contributed by atoms with van der Waals surface area (Å²) in [7, 11) is -2.11. The van der Waals surface area contributed by atoms with E-state index in [0.717, 1.165) is 19.3 Å². The van der Waals surface area contributed by atoms with Crippen molar-refractivity contribution >= 4 is 39.7 Å². The molecule has 0 aromatic carbocycles. The predicted octanol–water partition coefficient (Wildman–Crippen LogP) is 0.820. The molecular weight excluding hydrogens is 626 g/mol. The number of nitrogens with one attached hydrogen (secondary N) is 3. The van der Waals surface area contributed by atoms with Crippen LogP contribution in [0.2, 0.25) is 0 Å². The second kappa shape index (κ2) is 12.9. The van der Waals surface area contributed by atoms with Crippen LogP contribution in [-0.2, 0) is 29.4 Å². The number of hydrogen-bond donors (Lipinski definition) is 4. The Kier molecular flexibility index (Phi) is 10.2. The van der Waals surface area contributed by atoms with Crippen molar-refractivity contribution in [1.29, 1.82) is 0 Å². The standard InChI is InChI=1S/C32H55N7O7S/c1-30(2,3)21(17-38-14-13-37(9)47(38,45)46)35-29(44)36-25(31(4,5)6)28(43)39-16-19-22(32(19,7)8)23(39)27(42)34-20(24(40)26(33)41)15-18-11-10-12-18/h18-23,25H,10-17H2,1-9H3,(H2,33,41)(H,34,42)(H2,35,36,44)/t19-,20?,21+,22-,23-,25+/m0/s1. The van der Waals surface area contributed by atoms with Crippen molar-refractivity contribution in [3.8, 4) is 0 Å². The van der Waals surface area contributed by atoms with Gasteiger partial charge in [-0.05, 0) is 40.4 Å². The van der Waals surface area contributed by atoms with E-state index < -0.39 is 74.7 Å². The largest absolute Gasteiger partial charge is 0.363 e. The van der Waals surface area contributed by atoms with Gasteiger partial charge in [0.1, 0.15) is 12.1 Å². The van der Waals surface area contributed by atoms with E-state index >= 15 is 0 Å². The quantitative estimate of drug-likeness (QED) is 0.232. The molecule has 4 aliphatic rings. The van der Waals surface area contributed by atoms with E-state index in [2.05, 4.69) is 16.0 Å². The zero-order valence-electron chi connectivity index (χ0n) is 29.4. The number of urea groups is 1. The molecule has 2 saturated heterocycles. The number of fused-ring (bicyclic) bond motifs is 1. The molecule has 4 rings (SSSR count). The summed E-state index contributed by atoms with van der Waals surface area (Å²) in [6.07, 6.45) is 3.17. The van der Waals surface area contributed by atoms with Gasteiger partial charge in [0.15, 0.2) is 0 Å². The number of likely N-dealkylation sites (N-methyl/N-ethyl adjacent to an activating group) is 1. The highest BCUT2D eigenvalue weighted by Gasteiger charge is 2.70. The lowest BCUT2D eigenvalue weighted by Crippen LogP contribution is -2.62. The van der Waals surface area contributed by atoms with E-state index in [-0.39, 0.29) is 29.7 Å². The monoisotopic (exact) mass is 681 g/mol. The molecule has 2 aliphatic heterocycles. The number of ketones is 1. The topological polar surface area (TPSA) is 191 Å². The van der Waals surface area contributed by atoms with Gasteiger partial charge in [-0.15, -0.1) is 0 Å². The normalized spacial score (nSPS) is 27.6. The van der Waals surface area contributed by atoms with E-state index in [9.17, 15) is 32.4 Å². The molecule has 14 nitrogen and oxygen atoms in total. The Morgan fingerprint density at radius 1 is 0.936 bits per heavy atom. The number of carbonyl (C=O) groups excluding carboxylic acids is 5. The molecule has 15 heteroatoms. The van der Waals surface area contributed by atoms with E-state index in [4.69, 9.17) is 5.73 Å². The average molecular weight is 682 g/mol. The van der Waals surface area contributed by atoms with Gasteiger partial charge in [0.2, 0.25) is 17.6 Å². The molecule has 0 aromatic heterocycles. The number of hydrogen-bond acceptors (Lipinski definition) is 7. The van der Waals surface area contributed by atoms with Gasteiger partial charge >= 0.3 is 6.03 Å². The number of carbonyl (C=O) groups is 5. The number of amides is 5. The molecule has 0 radical (unpaired) electrons. The zero-order valence-corrected chi connectivity index (χ0v) is 30.2. The van der Waals surface area contributed by atoms with E-state index in [1.54, 1.807) is 0 Å². The summed E-state index contributed by atoms with van der Waals surface area (Å²) in [5, 5.41) is 8.55. The molecule has 0 spiro atoms. The number of nitrogens with zero attached hydrogens (tertiary/aromatic N) is 3. The van der Waals surface area contributed by atoms with Crippen LogP contribution < -0.4 is 21.7 Å². The molecular formula is C32H55N7O7S. The maximum absolute atomic E-state index is 14.3. The first-order valence-corrected chi connectivity index (χ1v) is 18.1. The number of Topliss-reactive ketones (excluding diaryl/α,β-unsaturated/α-hetero) is 1. The fourth-order valence-corrected chi connectivity index (χ4v) is 8.64. The van der Waals surface area contributed by atoms with E-state index in [1.165, 1.54) is 20.6 Å². The van der Waals surface area contributed by atoms with Gasteiger partial charge in [0.25, 0.3) is 16.1 Å². The molecule has 47 heavy (non-hydrogen) atoms. The van der Waals surface area contributed by atoms with Crippen LogP contribution >= 0.6 is 0 Å². The van der Waals surface area contributed by atoms with Gasteiger partial charge in [0, 0.05) is 39.3 Å². The van der Waals surface area contributed by atoms with Crippen LogP contribution in [0.5, 0.6) is 0 Å².